The standard InChI is InChI=1S/C29H32FN5O5S/c1-29(2,3)40-28(37)32-11-12-38-13-14-39-23-7-5-4-6-19(23)25-26-20(10-15-41-26)27(35-34-25)33-22-9-8-18(16-21(22)30)17-24(31)36/h4-10,15-16H,11-14,17H2,1-3H3,(H2,31,36)(H,32,37)(H,33,35). The zero-order valence-corrected chi connectivity index (χ0v) is 23.8. The second-order valence-electron chi connectivity index (χ2n) is 10.0. The van der Waals surface area contributed by atoms with E-state index in [2.05, 4.69) is 20.8 Å². The summed E-state index contributed by atoms with van der Waals surface area (Å²) in [4.78, 5) is 22.8. The van der Waals surface area contributed by atoms with Crippen LogP contribution in [0, 0.1) is 5.82 Å². The number of hydrogen-bond donors (Lipinski definition) is 3. The number of aromatic nitrogens is 2. The summed E-state index contributed by atoms with van der Waals surface area (Å²) < 4.78 is 32.3. The second-order valence-corrected chi connectivity index (χ2v) is 10.9. The topological polar surface area (TPSA) is 138 Å². The number of anilines is 2. The number of hydrogen-bond acceptors (Lipinski definition) is 9. The lowest BCUT2D eigenvalue weighted by molar-refractivity contribution is -0.117. The molecule has 10 nitrogen and oxygen atoms in total. The second kappa shape index (κ2) is 13.4. The molecule has 0 radical (unpaired) electrons. The van der Waals surface area contributed by atoms with Crippen LogP contribution in [0.1, 0.15) is 26.3 Å². The molecule has 0 unspecified atom stereocenters. The van der Waals surface area contributed by atoms with Crippen molar-refractivity contribution in [2.24, 2.45) is 5.73 Å². The van der Waals surface area contributed by atoms with Crippen molar-refractivity contribution in [1.82, 2.24) is 15.5 Å². The molecule has 12 heteroatoms. The number of nitrogens with one attached hydrogen (secondary N) is 2. The number of halogens is 1. The molecule has 2 amide bonds. The Hall–Kier alpha value is -4.29. The molecule has 0 spiro atoms. The van der Waals surface area contributed by atoms with Gasteiger partial charge < -0.3 is 30.6 Å². The van der Waals surface area contributed by atoms with Crippen molar-refractivity contribution < 1.29 is 28.2 Å². The molecule has 4 rings (SSSR count). The minimum absolute atomic E-state index is 0.0423. The summed E-state index contributed by atoms with van der Waals surface area (Å²) in [7, 11) is 0. The van der Waals surface area contributed by atoms with Gasteiger partial charge in [0.05, 0.1) is 30.0 Å². The molecule has 2 aromatic heterocycles. The van der Waals surface area contributed by atoms with Crippen molar-refractivity contribution in [2.75, 3.05) is 31.7 Å². The molecule has 2 aromatic carbocycles. The summed E-state index contributed by atoms with van der Waals surface area (Å²) in [6, 6.07) is 13.8. The van der Waals surface area contributed by atoms with Gasteiger partial charge in [0, 0.05) is 17.5 Å². The Morgan fingerprint density at radius 3 is 2.61 bits per heavy atom. The molecule has 0 aliphatic heterocycles. The van der Waals surface area contributed by atoms with Gasteiger partial charge in [-0.15, -0.1) is 21.5 Å². The SMILES string of the molecule is CC(C)(C)OC(=O)NCCOCCOc1ccccc1-c1nnc(Nc2ccc(CC(N)=O)cc2F)c2ccsc12. The maximum atomic E-state index is 14.7. The van der Waals surface area contributed by atoms with Gasteiger partial charge in [-0.25, -0.2) is 9.18 Å². The highest BCUT2D eigenvalue weighted by atomic mass is 32.1. The van der Waals surface area contributed by atoms with E-state index in [1.165, 1.54) is 17.4 Å². The maximum Gasteiger partial charge on any atom is 0.407 e. The first-order valence-electron chi connectivity index (χ1n) is 12.9. The van der Waals surface area contributed by atoms with Crippen molar-refractivity contribution in [3.8, 4) is 17.0 Å². The molecule has 0 saturated heterocycles. The summed E-state index contributed by atoms with van der Waals surface area (Å²) >= 11 is 1.49. The summed E-state index contributed by atoms with van der Waals surface area (Å²) in [6.45, 7) is 6.64. The first kappa shape index (κ1) is 29.7. The van der Waals surface area contributed by atoms with Gasteiger partial charge in [-0.2, -0.15) is 0 Å². The molecule has 0 bridgehead atoms. The van der Waals surface area contributed by atoms with E-state index in [9.17, 15) is 14.0 Å². The number of amides is 2. The lowest BCUT2D eigenvalue weighted by Crippen LogP contribution is -2.34. The third kappa shape index (κ3) is 8.35. The smallest absolute Gasteiger partial charge is 0.407 e. The van der Waals surface area contributed by atoms with E-state index in [0.29, 0.717) is 42.6 Å². The molecule has 0 atom stereocenters. The monoisotopic (exact) mass is 581 g/mol. The van der Waals surface area contributed by atoms with Crippen molar-refractivity contribution in [2.45, 2.75) is 32.8 Å². The summed E-state index contributed by atoms with van der Waals surface area (Å²) in [5, 5.41) is 17.1. The van der Waals surface area contributed by atoms with Crippen molar-refractivity contribution in [1.29, 1.82) is 0 Å². The van der Waals surface area contributed by atoms with Crippen LogP contribution in [0.25, 0.3) is 21.3 Å². The van der Waals surface area contributed by atoms with E-state index in [1.807, 2.05) is 35.7 Å². The number of nitrogens with two attached hydrogens (primary N) is 1. The number of para-hydroxylation sites is 1. The number of thiophene rings is 1. The largest absolute Gasteiger partial charge is 0.490 e. The first-order chi connectivity index (χ1) is 19.6. The maximum absolute atomic E-state index is 14.7. The van der Waals surface area contributed by atoms with E-state index >= 15 is 0 Å². The number of alkyl carbamates (subject to hydrolysis) is 1. The minimum atomic E-state index is -0.555. The van der Waals surface area contributed by atoms with Crippen molar-refractivity contribution in [3.63, 3.8) is 0 Å². The first-order valence-corrected chi connectivity index (χ1v) is 13.8. The number of rotatable bonds is 12. The summed E-state index contributed by atoms with van der Waals surface area (Å²) in [5.74, 6) is -0.0439. The number of primary amides is 1. The average Bonchev–Trinajstić information content (AvgIpc) is 3.39. The Labute approximate surface area is 241 Å². The lowest BCUT2D eigenvalue weighted by atomic mass is 10.1. The highest BCUT2D eigenvalue weighted by molar-refractivity contribution is 7.17. The van der Waals surface area contributed by atoms with Gasteiger partial charge in [0.25, 0.3) is 0 Å². The van der Waals surface area contributed by atoms with Gasteiger partial charge in [0.15, 0.2) is 5.82 Å². The van der Waals surface area contributed by atoms with Crippen LogP contribution in [0.5, 0.6) is 5.75 Å². The summed E-state index contributed by atoms with van der Waals surface area (Å²) in [5.41, 5.74) is 6.74. The van der Waals surface area contributed by atoms with Gasteiger partial charge in [-0.3, -0.25) is 4.79 Å². The molecule has 0 fully saturated rings. The highest BCUT2D eigenvalue weighted by Gasteiger charge is 2.18. The van der Waals surface area contributed by atoms with Gasteiger partial charge in [-0.1, -0.05) is 18.2 Å². The Kier molecular flexibility index (Phi) is 9.69. The lowest BCUT2D eigenvalue weighted by Gasteiger charge is -2.19. The molecule has 4 N–H and O–H groups in total. The molecular formula is C29H32FN5O5S. The Morgan fingerprint density at radius 1 is 1.05 bits per heavy atom. The number of carbonyl (C=O) groups is 2. The number of benzene rings is 2. The quantitative estimate of drug-likeness (QED) is 0.194. The predicted octanol–water partition coefficient (Wildman–Crippen LogP) is 5.19. The fraction of sp³-hybridized carbons (Fsp3) is 0.310. The third-order valence-electron chi connectivity index (χ3n) is 5.59. The average molecular weight is 582 g/mol. The molecule has 0 aliphatic rings. The van der Waals surface area contributed by atoms with Crippen LogP contribution in [0.2, 0.25) is 0 Å². The molecule has 216 valence electrons. The van der Waals surface area contributed by atoms with Crippen LogP contribution in [0.3, 0.4) is 0 Å². The van der Waals surface area contributed by atoms with Crippen LogP contribution in [-0.4, -0.2) is 54.2 Å². The Morgan fingerprint density at radius 2 is 1.85 bits per heavy atom. The zero-order chi connectivity index (χ0) is 29.4. The normalized spacial score (nSPS) is 11.3. The Bertz CT molecular complexity index is 1520. The molecular weight excluding hydrogens is 549 g/mol. The van der Waals surface area contributed by atoms with E-state index in [-0.39, 0.29) is 18.7 Å². The highest BCUT2D eigenvalue weighted by Crippen LogP contribution is 2.38. The number of fused-ring (bicyclic) bond motifs is 1. The van der Waals surface area contributed by atoms with Gasteiger partial charge in [0.2, 0.25) is 5.91 Å². The van der Waals surface area contributed by atoms with Gasteiger partial charge in [0.1, 0.15) is 29.5 Å². The van der Waals surface area contributed by atoms with E-state index in [0.717, 1.165) is 15.6 Å². The van der Waals surface area contributed by atoms with Crippen LogP contribution in [0.4, 0.5) is 20.7 Å². The minimum Gasteiger partial charge on any atom is -0.490 e. The fourth-order valence-corrected chi connectivity index (χ4v) is 4.78. The van der Waals surface area contributed by atoms with Gasteiger partial charge in [-0.05, 0) is 62.0 Å². The van der Waals surface area contributed by atoms with Crippen LogP contribution < -0.4 is 21.1 Å². The van der Waals surface area contributed by atoms with E-state index in [1.54, 1.807) is 32.9 Å². The number of nitrogens with zero attached hydrogens (tertiary/aromatic N) is 2. The summed E-state index contributed by atoms with van der Waals surface area (Å²) in [6.07, 6.45) is -0.531. The zero-order valence-electron chi connectivity index (χ0n) is 23.0. The van der Waals surface area contributed by atoms with Gasteiger partial charge >= 0.3 is 6.09 Å². The number of ether oxygens (including phenoxy) is 3. The molecule has 0 saturated carbocycles. The van der Waals surface area contributed by atoms with Crippen LogP contribution in [0.15, 0.2) is 53.9 Å². The third-order valence-corrected chi connectivity index (χ3v) is 6.51. The fourth-order valence-electron chi connectivity index (χ4n) is 3.89. The van der Waals surface area contributed by atoms with Crippen LogP contribution >= 0.6 is 11.3 Å². The van der Waals surface area contributed by atoms with Crippen molar-refractivity contribution in [3.05, 3.63) is 65.3 Å². The van der Waals surface area contributed by atoms with E-state index in [4.69, 9.17) is 19.9 Å². The number of carbonyl (C=O) groups excluding carboxylic acids is 2. The van der Waals surface area contributed by atoms with Crippen LogP contribution in [-0.2, 0) is 20.7 Å². The molecule has 0 aliphatic carbocycles. The Balaban J connectivity index is 1.39. The predicted molar refractivity (Wildman–Crippen MR) is 156 cm³/mol. The van der Waals surface area contributed by atoms with Crippen molar-refractivity contribution >= 4 is 44.9 Å². The molecule has 4 aromatic rings. The molecule has 2 heterocycles. The molecule has 41 heavy (non-hydrogen) atoms. The van der Waals surface area contributed by atoms with E-state index < -0.39 is 23.4 Å².